The normalized spacial score (nSPS) is 14.0. The van der Waals surface area contributed by atoms with Gasteiger partial charge in [0.2, 0.25) is 0 Å². The van der Waals surface area contributed by atoms with Crippen LogP contribution in [0, 0.1) is 0 Å². The second-order valence-corrected chi connectivity index (χ2v) is 5.81. The van der Waals surface area contributed by atoms with Crippen LogP contribution in [0.25, 0.3) is 11.1 Å². The number of anilines is 1. The third-order valence-corrected chi connectivity index (χ3v) is 4.37. The van der Waals surface area contributed by atoms with Crippen molar-refractivity contribution in [3.05, 3.63) is 65.2 Å². The van der Waals surface area contributed by atoms with E-state index in [2.05, 4.69) is 6.07 Å². The molecule has 0 bridgehead atoms. The van der Waals surface area contributed by atoms with Gasteiger partial charge in [0.25, 0.3) is 0 Å². The number of fused-ring (bicyclic) bond motifs is 1. The lowest BCUT2D eigenvalue weighted by atomic mass is 9.85. The summed E-state index contributed by atoms with van der Waals surface area (Å²) in [6, 6.07) is 12.0. The molecular formula is C20H21NO. The van der Waals surface area contributed by atoms with Crippen LogP contribution in [-0.4, -0.2) is 5.78 Å². The van der Waals surface area contributed by atoms with Gasteiger partial charge in [0.15, 0.2) is 5.78 Å². The molecule has 2 heteroatoms. The van der Waals surface area contributed by atoms with Crippen LogP contribution in [0.2, 0.25) is 0 Å². The van der Waals surface area contributed by atoms with Crippen molar-refractivity contribution in [2.75, 3.05) is 5.73 Å². The first-order valence-electron chi connectivity index (χ1n) is 7.88. The van der Waals surface area contributed by atoms with Crippen LogP contribution in [-0.2, 0) is 12.8 Å². The van der Waals surface area contributed by atoms with Crippen LogP contribution >= 0.6 is 0 Å². The largest absolute Gasteiger partial charge is 0.398 e. The minimum atomic E-state index is 0.0494. The van der Waals surface area contributed by atoms with Gasteiger partial charge in [-0.2, -0.15) is 0 Å². The third-order valence-electron chi connectivity index (χ3n) is 4.37. The van der Waals surface area contributed by atoms with E-state index in [9.17, 15) is 4.79 Å². The van der Waals surface area contributed by atoms with Gasteiger partial charge in [0.05, 0.1) is 0 Å². The van der Waals surface area contributed by atoms with E-state index < -0.39 is 0 Å². The molecule has 0 aromatic heterocycles. The lowest BCUT2D eigenvalue weighted by molar-refractivity contribution is 0.104. The summed E-state index contributed by atoms with van der Waals surface area (Å²) in [4.78, 5) is 11.9. The van der Waals surface area contributed by atoms with Crippen LogP contribution in [0.15, 0.2) is 48.6 Å². The van der Waals surface area contributed by atoms with Crippen LogP contribution in [0.1, 0.15) is 41.3 Å². The monoisotopic (exact) mass is 291 g/mol. The molecule has 0 spiro atoms. The maximum absolute atomic E-state index is 11.9. The number of carbonyl (C=O) groups excluding carboxylic acids is 1. The molecule has 0 unspecified atom stereocenters. The fraction of sp³-hybridized carbons (Fsp3) is 0.250. The van der Waals surface area contributed by atoms with Gasteiger partial charge in [0.1, 0.15) is 0 Å². The lowest BCUT2D eigenvalue weighted by Gasteiger charge is -2.21. The molecule has 3 rings (SSSR count). The second-order valence-electron chi connectivity index (χ2n) is 5.81. The van der Waals surface area contributed by atoms with E-state index in [-0.39, 0.29) is 5.78 Å². The van der Waals surface area contributed by atoms with Crippen LogP contribution in [0.5, 0.6) is 0 Å². The van der Waals surface area contributed by atoms with Crippen molar-refractivity contribution in [2.45, 2.75) is 32.6 Å². The molecule has 2 N–H and O–H groups in total. The van der Waals surface area contributed by atoms with Gasteiger partial charge in [-0.15, -0.1) is 0 Å². The zero-order valence-electron chi connectivity index (χ0n) is 12.9. The number of hydrogen-bond donors (Lipinski definition) is 1. The molecule has 0 saturated carbocycles. The molecule has 2 aromatic carbocycles. The first kappa shape index (κ1) is 14.6. The molecule has 0 heterocycles. The predicted octanol–water partition coefficient (Wildman–Crippen LogP) is 4.57. The number of allylic oxidation sites excluding steroid dienone is 2. The van der Waals surface area contributed by atoms with Gasteiger partial charge in [-0.1, -0.05) is 36.4 Å². The predicted molar refractivity (Wildman–Crippen MR) is 92.1 cm³/mol. The lowest BCUT2D eigenvalue weighted by Crippen LogP contribution is -2.08. The molecule has 0 fully saturated rings. The third kappa shape index (κ3) is 2.69. The Bertz CT molecular complexity index is 726. The summed E-state index contributed by atoms with van der Waals surface area (Å²) in [7, 11) is 0. The number of hydrogen-bond acceptors (Lipinski definition) is 2. The molecule has 0 radical (unpaired) electrons. The topological polar surface area (TPSA) is 43.1 Å². The van der Waals surface area contributed by atoms with E-state index in [0.29, 0.717) is 0 Å². The van der Waals surface area contributed by atoms with E-state index in [4.69, 9.17) is 5.73 Å². The van der Waals surface area contributed by atoms with E-state index in [1.165, 1.54) is 29.5 Å². The minimum Gasteiger partial charge on any atom is -0.398 e. The molecule has 2 aromatic rings. The summed E-state index contributed by atoms with van der Waals surface area (Å²) in [5.41, 5.74) is 12.9. The number of rotatable bonds is 3. The van der Waals surface area contributed by atoms with Gasteiger partial charge in [-0.3, -0.25) is 4.79 Å². The Labute approximate surface area is 131 Å². The summed E-state index contributed by atoms with van der Waals surface area (Å²) in [5, 5.41) is 0. The van der Waals surface area contributed by atoms with Gasteiger partial charge in [-0.25, -0.2) is 0 Å². The Morgan fingerprint density at radius 3 is 2.36 bits per heavy atom. The fourth-order valence-electron chi connectivity index (χ4n) is 3.23. The minimum absolute atomic E-state index is 0.0494. The Morgan fingerprint density at radius 2 is 1.68 bits per heavy atom. The van der Waals surface area contributed by atoms with Gasteiger partial charge in [0, 0.05) is 11.3 Å². The molecule has 0 aliphatic heterocycles. The maximum atomic E-state index is 11.9. The van der Waals surface area contributed by atoms with Gasteiger partial charge < -0.3 is 5.73 Å². The van der Waals surface area contributed by atoms with Crippen molar-refractivity contribution in [1.82, 2.24) is 0 Å². The van der Waals surface area contributed by atoms with E-state index >= 15 is 0 Å². The standard InChI is InChI=1S/C20H21NO/c1-2-5-20(22)15-10-8-14(9-11-15)16-12-13-19(21)18-7-4-3-6-17(16)18/h2,5,8-13H,3-4,6-7,21H2,1H3/b5-2-. The summed E-state index contributed by atoms with van der Waals surface area (Å²) >= 11 is 0. The van der Waals surface area contributed by atoms with Crippen LogP contribution < -0.4 is 5.73 Å². The zero-order valence-corrected chi connectivity index (χ0v) is 12.9. The Hall–Kier alpha value is -2.35. The number of carbonyl (C=O) groups is 1. The van der Waals surface area contributed by atoms with Gasteiger partial charge >= 0.3 is 0 Å². The SMILES string of the molecule is C/C=C\C(=O)c1ccc(-c2ccc(N)c3c2CCCC3)cc1. The average molecular weight is 291 g/mol. The molecule has 1 aliphatic rings. The fourth-order valence-corrected chi connectivity index (χ4v) is 3.23. The number of nitrogen functional groups attached to an aromatic ring is 1. The number of nitrogens with two attached hydrogens (primary N) is 1. The molecule has 0 atom stereocenters. The number of ketones is 1. The van der Waals surface area contributed by atoms with Crippen molar-refractivity contribution in [1.29, 1.82) is 0 Å². The van der Waals surface area contributed by atoms with Gasteiger partial charge in [-0.05, 0) is 67.0 Å². The van der Waals surface area contributed by atoms with E-state index in [1.54, 1.807) is 12.2 Å². The smallest absolute Gasteiger partial charge is 0.185 e. The summed E-state index contributed by atoms with van der Waals surface area (Å²) in [5.74, 6) is 0.0494. The molecule has 0 saturated heterocycles. The molecular weight excluding hydrogens is 270 g/mol. The zero-order chi connectivity index (χ0) is 15.5. The van der Waals surface area contributed by atoms with Crippen molar-refractivity contribution < 1.29 is 4.79 Å². The van der Waals surface area contributed by atoms with E-state index in [0.717, 1.165) is 29.7 Å². The van der Waals surface area contributed by atoms with Crippen LogP contribution in [0.4, 0.5) is 5.69 Å². The van der Waals surface area contributed by atoms with Crippen molar-refractivity contribution in [2.24, 2.45) is 0 Å². The summed E-state index contributed by atoms with van der Waals surface area (Å²) in [6.45, 7) is 1.85. The average Bonchev–Trinajstić information content (AvgIpc) is 2.56. The van der Waals surface area contributed by atoms with Crippen molar-refractivity contribution in [3.63, 3.8) is 0 Å². The highest BCUT2D eigenvalue weighted by atomic mass is 16.1. The van der Waals surface area contributed by atoms with Crippen LogP contribution in [0.3, 0.4) is 0 Å². The van der Waals surface area contributed by atoms with Crippen molar-refractivity contribution in [3.8, 4) is 11.1 Å². The first-order chi connectivity index (χ1) is 10.7. The number of benzene rings is 2. The molecule has 2 nitrogen and oxygen atoms in total. The highest BCUT2D eigenvalue weighted by Crippen LogP contribution is 2.34. The second kappa shape index (κ2) is 6.18. The molecule has 0 amide bonds. The summed E-state index contributed by atoms with van der Waals surface area (Å²) < 4.78 is 0. The Kier molecular flexibility index (Phi) is 4.10. The Balaban J connectivity index is 2.00. The highest BCUT2D eigenvalue weighted by molar-refractivity contribution is 6.04. The molecule has 22 heavy (non-hydrogen) atoms. The maximum Gasteiger partial charge on any atom is 0.185 e. The molecule has 1 aliphatic carbocycles. The first-order valence-corrected chi connectivity index (χ1v) is 7.88. The molecule has 112 valence electrons. The summed E-state index contributed by atoms with van der Waals surface area (Å²) in [6.07, 6.45) is 7.98. The Morgan fingerprint density at radius 1 is 1.00 bits per heavy atom. The van der Waals surface area contributed by atoms with Crippen molar-refractivity contribution >= 4 is 11.5 Å². The quantitative estimate of drug-likeness (QED) is 0.511. The highest BCUT2D eigenvalue weighted by Gasteiger charge is 2.16. The van der Waals surface area contributed by atoms with E-state index in [1.807, 2.05) is 37.3 Å².